The normalized spacial score (nSPS) is 10.5. The minimum atomic E-state index is -1.22. The second-order valence-corrected chi connectivity index (χ2v) is 6.00. The maximum atomic E-state index is 11.1. The first-order valence-electron chi connectivity index (χ1n) is 9.17. The SMILES string of the molecule is CCCCCCCCCCCCC=CCOC(=O)CCC(=O)[O-].[Na+]. The van der Waals surface area contributed by atoms with Gasteiger partial charge in [0, 0.05) is 5.97 Å². The predicted octanol–water partition coefficient (Wildman–Crippen LogP) is 0.931. The van der Waals surface area contributed by atoms with Crippen LogP contribution in [-0.4, -0.2) is 18.5 Å². The van der Waals surface area contributed by atoms with E-state index in [0.717, 1.165) is 6.42 Å². The Kier molecular flexibility index (Phi) is 22.4. The van der Waals surface area contributed by atoms with E-state index in [1.165, 1.54) is 64.2 Å². The number of carbonyl (C=O) groups excluding carboxylic acids is 2. The van der Waals surface area contributed by atoms with Crippen LogP contribution in [0.2, 0.25) is 0 Å². The minimum absolute atomic E-state index is 0. The molecule has 0 fully saturated rings. The van der Waals surface area contributed by atoms with E-state index >= 15 is 0 Å². The number of hydrogen-bond acceptors (Lipinski definition) is 4. The summed E-state index contributed by atoms with van der Waals surface area (Å²) in [5.74, 6) is -1.71. The van der Waals surface area contributed by atoms with E-state index in [1.54, 1.807) is 0 Å². The van der Waals surface area contributed by atoms with Crippen molar-refractivity contribution in [3.8, 4) is 0 Å². The Morgan fingerprint density at radius 3 is 1.92 bits per heavy atom. The van der Waals surface area contributed by atoms with Crippen molar-refractivity contribution in [3.63, 3.8) is 0 Å². The number of esters is 1. The number of rotatable bonds is 16. The van der Waals surface area contributed by atoms with Crippen LogP contribution in [0.5, 0.6) is 0 Å². The van der Waals surface area contributed by atoms with Crippen molar-refractivity contribution >= 4 is 11.9 Å². The summed E-state index contributed by atoms with van der Waals surface area (Å²) >= 11 is 0. The second kappa shape index (κ2) is 20.7. The minimum Gasteiger partial charge on any atom is -0.550 e. The van der Waals surface area contributed by atoms with Gasteiger partial charge in [-0.25, -0.2) is 0 Å². The van der Waals surface area contributed by atoms with Gasteiger partial charge in [0.25, 0.3) is 0 Å². The summed E-state index contributed by atoms with van der Waals surface area (Å²) in [6, 6.07) is 0. The number of aliphatic carboxylic acids is 1. The first-order chi connectivity index (χ1) is 11.2. The van der Waals surface area contributed by atoms with Gasteiger partial charge in [-0.15, -0.1) is 0 Å². The van der Waals surface area contributed by atoms with Crippen molar-refractivity contribution in [2.45, 2.75) is 90.4 Å². The predicted molar refractivity (Wildman–Crippen MR) is 90.8 cm³/mol. The van der Waals surface area contributed by atoms with Crippen molar-refractivity contribution in [2.75, 3.05) is 6.61 Å². The molecule has 4 nitrogen and oxygen atoms in total. The number of hydrogen-bond donors (Lipinski definition) is 0. The van der Waals surface area contributed by atoms with Gasteiger partial charge in [-0.05, 0) is 19.3 Å². The Morgan fingerprint density at radius 2 is 1.38 bits per heavy atom. The van der Waals surface area contributed by atoms with Crippen molar-refractivity contribution < 1.29 is 49.0 Å². The molecular weight excluding hydrogens is 315 g/mol. The Labute approximate surface area is 169 Å². The molecule has 0 N–H and O–H groups in total. The third-order valence-corrected chi connectivity index (χ3v) is 3.76. The molecule has 0 radical (unpaired) electrons. The summed E-state index contributed by atoms with van der Waals surface area (Å²) in [5, 5.41) is 10.2. The standard InChI is InChI=1S/C19H34O4.Na/c1-2-3-4-5-6-7-8-9-10-11-12-13-14-17-23-19(22)16-15-18(20)21;/h13-14H,2-12,15-17H2,1H3,(H,20,21);/q;+1/p-1. The summed E-state index contributed by atoms with van der Waals surface area (Å²) < 4.78 is 4.88. The first kappa shape index (κ1) is 25.9. The van der Waals surface area contributed by atoms with Gasteiger partial charge in [0.1, 0.15) is 6.61 Å². The molecule has 0 bridgehead atoms. The van der Waals surface area contributed by atoms with Gasteiger partial charge >= 0.3 is 35.5 Å². The van der Waals surface area contributed by atoms with Gasteiger partial charge in [0.2, 0.25) is 0 Å². The van der Waals surface area contributed by atoms with Crippen molar-refractivity contribution in [1.29, 1.82) is 0 Å². The van der Waals surface area contributed by atoms with E-state index in [1.807, 2.05) is 12.2 Å². The number of carboxylic acid groups (broad SMARTS) is 1. The van der Waals surface area contributed by atoms with Crippen LogP contribution in [0.25, 0.3) is 0 Å². The Balaban J connectivity index is 0. The zero-order chi connectivity index (χ0) is 17.2. The van der Waals surface area contributed by atoms with Gasteiger partial charge in [-0.3, -0.25) is 4.79 Å². The van der Waals surface area contributed by atoms with Gasteiger partial charge in [-0.2, -0.15) is 0 Å². The monoisotopic (exact) mass is 348 g/mol. The summed E-state index contributed by atoms with van der Waals surface area (Å²) in [6.45, 7) is 2.47. The molecule has 0 aromatic rings. The maximum Gasteiger partial charge on any atom is 1.00 e. The molecule has 0 amide bonds. The summed E-state index contributed by atoms with van der Waals surface area (Å²) in [4.78, 5) is 21.3. The van der Waals surface area contributed by atoms with E-state index in [4.69, 9.17) is 4.74 Å². The average molecular weight is 348 g/mol. The Bertz CT molecular complexity index is 329. The zero-order valence-electron chi connectivity index (χ0n) is 15.7. The number of ether oxygens (including phenoxy) is 1. The van der Waals surface area contributed by atoms with Crippen molar-refractivity contribution in [1.82, 2.24) is 0 Å². The van der Waals surface area contributed by atoms with Gasteiger partial charge in [0.05, 0.1) is 6.42 Å². The van der Waals surface area contributed by atoms with Crippen LogP contribution in [0, 0.1) is 0 Å². The molecular formula is C19H33NaO4. The van der Waals surface area contributed by atoms with Crippen molar-refractivity contribution in [3.05, 3.63) is 12.2 Å². The third-order valence-electron chi connectivity index (χ3n) is 3.76. The Hall–Kier alpha value is -0.320. The van der Waals surface area contributed by atoms with Crippen LogP contribution in [0.1, 0.15) is 90.4 Å². The van der Waals surface area contributed by atoms with Crippen LogP contribution >= 0.6 is 0 Å². The first-order valence-corrected chi connectivity index (χ1v) is 9.17. The van der Waals surface area contributed by atoms with E-state index in [9.17, 15) is 14.7 Å². The van der Waals surface area contributed by atoms with E-state index in [0.29, 0.717) is 0 Å². The molecule has 0 aliphatic rings. The molecule has 0 spiro atoms. The fourth-order valence-electron chi connectivity index (χ4n) is 2.35. The second-order valence-electron chi connectivity index (χ2n) is 6.00. The summed E-state index contributed by atoms with van der Waals surface area (Å²) in [7, 11) is 0. The largest absolute Gasteiger partial charge is 1.00 e. The molecule has 24 heavy (non-hydrogen) atoms. The fourth-order valence-corrected chi connectivity index (χ4v) is 2.35. The molecule has 0 unspecified atom stereocenters. The number of carboxylic acids is 1. The van der Waals surface area contributed by atoms with Gasteiger partial charge < -0.3 is 14.6 Å². The molecule has 0 aliphatic carbocycles. The molecule has 0 aromatic carbocycles. The molecule has 0 rings (SSSR count). The van der Waals surface area contributed by atoms with Crippen LogP contribution in [0.4, 0.5) is 0 Å². The number of carbonyl (C=O) groups is 2. The van der Waals surface area contributed by atoms with Gasteiger partial charge in [0.15, 0.2) is 0 Å². The maximum absolute atomic E-state index is 11.1. The molecule has 134 valence electrons. The molecule has 0 heterocycles. The molecule has 0 atom stereocenters. The van der Waals surface area contributed by atoms with Crippen LogP contribution < -0.4 is 34.7 Å². The number of unbranched alkanes of at least 4 members (excludes halogenated alkanes) is 10. The van der Waals surface area contributed by atoms with Crippen molar-refractivity contribution in [2.24, 2.45) is 0 Å². The smallest absolute Gasteiger partial charge is 0.550 e. The molecule has 0 aromatic heterocycles. The van der Waals surface area contributed by atoms with Crippen LogP contribution in [-0.2, 0) is 14.3 Å². The quantitative estimate of drug-likeness (QED) is 0.180. The van der Waals surface area contributed by atoms with E-state index < -0.39 is 11.9 Å². The molecule has 5 heteroatoms. The van der Waals surface area contributed by atoms with Crippen LogP contribution in [0.3, 0.4) is 0 Å². The topological polar surface area (TPSA) is 66.4 Å². The van der Waals surface area contributed by atoms with Gasteiger partial charge in [-0.1, -0.05) is 76.9 Å². The van der Waals surface area contributed by atoms with E-state index in [-0.39, 0.29) is 49.0 Å². The van der Waals surface area contributed by atoms with Crippen LogP contribution in [0.15, 0.2) is 12.2 Å². The summed E-state index contributed by atoms with van der Waals surface area (Å²) in [6.07, 6.45) is 17.7. The zero-order valence-corrected chi connectivity index (χ0v) is 17.7. The molecule has 0 saturated heterocycles. The number of allylic oxidation sites excluding steroid dienone is 1. The Morgan fingerprint density at radius 1 is 0.833 bits per heavy atom. The average Bonchev–Trinajstić information content (AvgIpc) is 2.53. The third kappa shape index (κ3) is 21.7. The molecule has 0 saturated carbocycles. The molecule has 0 aliphatic heterocycles. The van der Waals surface area contributed by atoms with E-state index in [2.05, 4.69) is 6.92 Å². The fraction of sp³-hybridized carbons (Fsp3) is 0.789. The summed E-state index contributed by atoms with van der Waals surface area (Å²) in [5.41, 5.74) is 0.